The topological polar surface area (TPSA) is 89.9 Å². The van der Waals surface area contributed by atoms with Crippen molar-refractivity contribution in [1.29, 1.82) is 0 Å². The SMILES string of the molecule is C[C@H](C(=O)OCCOCC(=O)O)c1ccc(C(=O)c2ccccc2)s1. The predicted molar refractivity (Wildman–Crippen MR) is 92.0 cm³/mol. The molecule has 1 aromatic heterocycles. The number of rotatable bonds is 9. The maximum absolute atomic E-state index is 12.4. The Morgan fingerprint density at radius 3 is 2.48 bits per heavy atom. The molecule has 0 spiro atoms. The largest absolute Gasteiger partial charge is 0.480 e. The van der Waals surface area contributed by atoms with Crippen molar-refractivity contribution in [3.8, 4) is 0 Å². The fraction of sp³-hybridized carbons (Fsp3) is 0.278. The van der Waals surface area contributed by atoms with Crippen LogP contribution in [0.5, 0.6) is 0 Å². The van der Waals surface area contributed by atoms with Crippen molar-refractivity contribution in [2.75, 3.05) is 19.8 Å². The van der Waals surface area contributed by atoms with Crippen LogP contribution in [-0.2, 0) is 19.1 Å². The normalized spacial score (nSPS) is 11.7. The van der Waals surface area contributed by atoms with E-state index in [4.69, 9.17) is 14.6 Å². The molecule has 0 aliphatic rings. The van der Waals surface area contributed by atoms with Crippen LogP contribution in [0.4, 0.5) is 0 Å². The molecule has 0 aliphatic heterocycles. The second kappa shape index (κ2) is 9.10. The molecule has 0 unspecified atom stereocenters. The fourth-order valence-electron chi connectivity index (χ4n) is 2.04. The lowest BCUT2D eigenvalue weighted by atomic mass is 10.1. The lowest BCUT2D eigenvalue weighted by Gasteiger charge is -2.09. The number of carbonyl (C=O) groups excluding carboxylic acids is 2. The van der Waals surface area contributed by atoms with Gasteiger partial charge in [0.2, 0.25) is 5.78 Å². The van der Waals surface area contributed by atoms with Crippen LogP contribution in [0.1, 0.15) is 33.0 Å². The number of ether oxygens (including phenoxy) is 2. The quantitative estimate of drug-likeness (QED) is 0.419. The maximum atomic E-state index is 12.4. The summed E-state index contributed by atoms with van der Waals surface area (Å²) in [4.78, 5) is 36.0. The first-order valence-electron chi connectivity index (χ1n) is 7.64. The summed E-state index contributed by atoms with van der Waals surface area (Å²) in [7, 11) is 0. The van der Waals surface area contributed by atoms with Gasteiger partial charge in [-0.1, -0.05) is 30.3 Å². The number of ketones is 1. The molecule has 0 saturated carbocycles. The molecule has 0 saturated heterocycles. The van der Waals surface area contributed by atoms with Gasteiger partial charge in [0.1, 0.15) is 13.2 Å². The molecule has 132 valence electrons. The number of hydrogen-bond donors (Lipinski definition) is 1. The van der Waals surface area contributed by atoms with E-state index in [0.29, 0.717) is 10.4 Å². The Hall–Kier alpha value is -2.51. The van der Waals surface area contributed by atoms with E-state index in [1.807, 2.05) is 6.07 Å². The fourth-order valence-corrected chi connectivity index (χ4v) is 3.05. The highest BCUT2D eigenvalue weighted by molar-refractivity contribution is 7.14. The minimum atomic E-state index is -1.08. The Labute approximate surface area is 149 Å². The zero-order chi connectivity index (χ0) is 18.2. The first kappa shape index (κ1) is 18.8. The van der Waals surface area contributed by atoms with Gasteiger partial charge in [-0.25, -0.2) is 4.79 Å². The summed E-state index contributed by atoms with van der Waals surface area (Å²) in [5, 5.41) is 8.43. The van der Waals surface area contributed by atoms with Gasteiger partial charge in [-0.2, -0.15) is 0 Å². The maximum Gasteiger partial charge on any atom is 0.329 e. The number of carbonyl (C=O) groups is 3. The zero-order valence-electron chi connectivity index (χ0n) is 13.6. The first-order valence-corrected chi connectivity index (χ1v) is 8.46. The lowest BCUT2D eigenvalue weighted by molar-refractivity contribution is -0.148. The van der Waals surface area contributed by atoms with Crippen LogP contribution >= 0.6 is 11.3 Å². The predicted octanol–water partition coefficient (Wildman–Crippen LogP) is 2.73. The molecule has 25 heavy (non-hydrogen) atoms. The molecule has 0 aliphatic carbocycles. The number of carboxylic acid groups (broad SMARTS) is 1. The van der Waals surface area contributed by atoms with Crippen molar-refractivity contribution in [2.45, 2.75) is 12.8 Å². The summed E-state index contributed by atoms with van der Waals surface area (Å²) < 4.78 is 9.86. The third-order valence-electron chi connectivity index (χ3n) is 3.36. The molecule has 1 heterocycles. The molecule has 2 rings (SSSR count). The van der Waals surface area contributed by atoms with Crippen molar-refractivity contribution >= 4 is 29.1 Å². The van der Waals surface area contributed by atoms with Gasteiger partial charge in [0.15, 0.2) is 0 Å². The van der Waals surface area contributed by atoms with Crippen LogP contribution < -0.4 is 0 Å². The summed E-state index contributed by atoms with van der Waals surface area (Å²) in [6.07, 6.45) is 0. The summed E-state index contributed by atoms with van der Waals surface area (Å²) in [5.41, 5.74) is 0.599. The number of thiophene rings is 1. The van der Waals surface area contributed by atoms with Crippen LogP contribution in [0.15, 0.2) is 42.5 Å². The third-order valence-corrected chi connectivity index (χ3v) is 4.63. The number of carboxylic acids is 1. The van der Waals surface area contributed by atoms with E-state index in [1.54, 1.807) is 43.3 Å². The van der Waals surface area contributed by atoms with Crippen LogP contribution in [-0.4, -0.2) is 42.6 Å². The van der Waals surface area contributed by atoms with E-state index in [1.165, 1.54) is 11.3 Å². The van der Waals surface area contributed by atoms with Gasteiger partial charge in [0, 0.05) is 10.4 Å². The van der Waals surface area contributed by atoms with Crippen LogP contribution in [0.25, 0.3) is 0 Å². The second-order valence-corrected chi connectivity index (χ2v) is 6.35. The van der Waals surface area contributed by atoms with Gasteiger partial charge in [-0.3, -0.25) is 9.59 Å². The Kier molecular flexibility index (Phi) is 6.85. The summed E-state index contributed by atoms with van der Waals surface area (Å²) >= 11 is 1.26. The van der Waals surface area contributed by atoms with Gasteiger partial charge >= 0.3 is 11.9 Å². The zero-order valence-corrected chi connectivity index (χ0v) is 14.5. The molecule has 1 aromatic carbocycles. The van der Waals surface area contributed by atoms with Crippen LogP contribution in [0.3, 0.4) is 0 Å². The second-order valence-electron chi connectivity index (χ2n) is 5.23. The number of aliphatic carboxylic acids is 1. The van der Waals surface area contributed by atoms with E-state index in [9.17, 15) is 14.4 Å². The smallest absolute Gasteiger partial charge is 0.329 e. The monoisotopic (exact) mass is 362 g/mol. The Balaban J connectivity index is 1.89. The standard InChI is InChI=1S/C18H18O6S/c1-12(18(22)24-10-9-23-11-16(19)20)14-7-8-15(25-14)17(21)13-5-3-2-4-6-13/h2-8,12H,9-11H2,1H3,(H,19,20)/t12-/m0/s1. The van der Waals surface area contributed by atoms with E-state index in [0.717, 1.165) is 4.88 Å². The van der Waals surface area contributed by atoms with Crippen molar-refractivity contribution in [3.05, 3.63) is 57.8 Å². The molecule has 1 N–H and O–H groups in total. The highest BCUT2D eigenvalue weighted by Crippen LogP contribution is 2.27. The molecule has 0 radical (unpaired) electrons. The van der Waals surface area contributed by atoms with Gasteiger partial charge in [-0.05, 0) is 19.1 Å². The van der Waals surface area contributed by atoms with Gasteiger partial charge in [0.05, 0.1) is 17.4 Å². The molecular weight excluding hydrogens is 344 g/mol. The summed E-state index contributed by atoms with van der Waals surface area (Å²) in [6.45, 7) is 1.27. The van der Waals surface area contributed by atoms with Gasteiger partial charge in [0.25, 0.3) is 0 Å². The Bertz CT molecular complexity index is 737. The highest BCUT2D eigenvalue weighted by Gasteiger charge is 2.21. The molecule has 1 atom stereocenters. The van der Waals surface area contributed by atoms with E-state index in [-0.39, 0.29) is 19.0 Å². The van der Waals surface area contributed by atoms with Crippen molar-refractivity contribution in [1.82, 2.24) is 0 Å². The van der Waals surface area contributed by atoms with E-state index in [2.05, 4.69) is 0 Å². The minimum Gasteiger partial charge on any atom is -0.480 e. The molecule has 6 nitrogen and oxygen atoms in total. The van der Waals surface area contributed by atoms with E-state index < -0.39 is 24.5 Å². The molecule has 7 heteroatoms. The average Bonchev–Trinajstić information content (AvgIpc) is 3.10. The molecule has 0 fully saturated rings. The van der Waals surface area contributed by atoms with Crippen molar-refractivity contribution in [3.63, 3.8) is 0 Å². The average molecular weight is 362 g/mol. The number of esters is 1. The molecule has 0 bridgehead atoms. The van der Waals surface area contributed by atoms with Gasteiger partial charge < -0.3 is 14.6 Å². The van der Waals surface area contributed by atoms with Crippen LogP contribution in [0, 0.1) is 0 Å². The number of benzene rings is 1. The summed E-state index contributed by atoms with van der Waals surface area (Å²) in [5.74, 6) is -2.12. The Morgan fingerprint density at radius 2 is 1.80 bits per heavy atom. The Morgan fingerprint density at radius 1 is 1.08 bits per heavy atom. The summed E-state index contributed by atoms with van der Waals surface area (Å²) in [6, 6.07) is 12.4. The first-order chi connectivity index (χ1) is 12.0. The van der Waals surface area contributed by atoms with Crippen molar-refractivity contribution in [2.24, 2.45) is 0 Å². The minimum absolute atomic E-state index is 0.0162. The molecule has 2 aromatic rings. The highest BCUT2D eigenvalue weighted by atomic mass is 32.1. The number of hydrogen-bond acceptors (Lipinski definition) is 6. The van der Waals surface area contributed by atoms with E-state index >= 15 is 0 Å². The van der Waals surface area contributed by atoms with Gasteiger partial charge in [-0.15, -0.1) is 11.3 Å². The third kappa shape index (κ3) is 5.51. The van der Waals surface area contributed by atoms with Crippen molar-refractivity contribution < 1.29 is 29.0 Å². The molecule has 0 amide bonds. The van der Waals surface area contributed by atoms with Crippen LogP contribution in [0.2, 0.25) is 0 Å². The molecular formula is C18H18O6S. The lowest BCUT2D eigenvalue weighted by Crippen LogP contribution is -2.17.